The predicted molar refractivity (Wildman–Crippen MR) is 173 cm³/mol. The van der Waals surface area contributed by atoms with Crippen LogP contribution in [0.3, 0.4) is 0 Å². The van der Waals surface area contributed by atoms with Crippen LogP contribution in [-0.2, 0) is 27.9 Å². The maximum absolute atomic E-state index is 8.35. The van der Waals surface area contributed by atoms with Crippen LogP contribution in [0.5, 0.6) is 0 Å². The average Bonchev–Trinajstić information content (AvgIpc) is 3.48. The van der Waals surface area contributed by atoms with Crippen LogP contribution in [0.1, 0.15) is 65.6 Å². The van der Waals surface area contributed by atoms with Gasteiger partial charge >= 0.3 is 249 Å². The number of hydrogen-bond acceptors (Lipinski definition) is 0. The molecule has 2 atom stereocenters. The molecule has 4 aromatic carbocycles. The Balaban J connectivity index is 1.49. The Bertz CT molecular complexity index is 1620. The van der Waals surface area contributed by atoms with Crippen LogP contribution in [0.25, 0.3) is 12.2 Å². The molecule has 0 aliphatic heterocycles. The monoisotopic (exact) mass is 656 g/mol. The van der Waals surface area contributed by atoms with E-state index in [2.05, 4.69) is 136 Å². The molecule has 0 saturated heterocycles. The van der Waals surface area contributed by atoms with Crippen molar-refractivity contribution in [1.29, 1.82) is 0 Å². The van der Waals surface area contributed by atoms with Gasteiger partial charge in [-0.2, -0.15) is 0 Å². The molecule has 0 nitrogen and oxygen atoms in total. The molecule has 0 N–H and O–H groups in total. The van der Waals surface area contributed by atoms with E-state index >= 15 is 0 Å². The molecule has 0 aromatic heterocycles. The fraction of sp³-hybridized carbons (Fsp3) is 0.222. The summed E-state index contributed by atoms with van der Waals surface area (Å²) in [6.07, 6.45) is 6.64. The summed E-state index contributed by atoms with van der Waals surface area (Å²) in [5, 5.41) is 0. The number of halogens is 2. The molecular formula is C36H36Cl2SiZr. The first-order chi connectivity index (χ1) is 19.2. The Hall–Kier alpha value is -1.96. The van der Waals surface area contributed by atoms with Crippen molar-refractivity contribution in [2.45, 2.75) is 47.0 Å². The summed E-state index contributed by atoms with van der Waals surface area (Å²) in [6, 6.07) is 35.1. The topological polar surface area (TPSA) is 0 Å². The SMILES string of the molecule is CC1=Cc2c(Cc3ccccc3)cccc2[CH]1[Zr]([Cl])([Cl])([CH]1C(C)=Cc2c(Cc3ccccc3)cccc21)=[Si](C)C. The zero-order chi connectivity index (χ0) is 28.1. The first-order valence-corrected chi connectivity index (χ1v) is 29.6. The van der Waals surface area contributed by atoms with Crippen molar-refractivity contribution in [1.82, 2.24) is 0 Å². The van der Waals surface area contributed by atoms with E-state index in [0.29, 0.717) is 0 Å². The Morgan fingerprint density at radius 1 is 0.575 bits per heavy atom. The number of rotatable bonds is 6. The van der Waals surface area contributed by atoms with Crippen LogP contribution in [0.4, 0.5) is 0 Å². The van der Waals surface area contributed by atoms with E-state index in [1.165, 1.54) is 55.7 Å². The third-order valence-corrected chi connectivity index (χ3v) is 56.2. The molecule has 40 heavy (non-hydrogen) atoms. The van der Waals surface area contributed by atoms with Crippen LogP contribution in [0, 0.1) is 0 Å². The number of hydrogen-bond donors (Lipinski definition) is 0. The van der Waals surface area contributed by atoms with Gasteiger partial charge < -0.3 is 0 Å². The second-order valence-electron chi connectivity index (χ2n) is 12.0. The summed E-state index contributed by atoms with van der Waals surface area (Å²) in [4.78, 5) is 0. The summed E-state index contributed by atoms with van der Waals surface area (Å²) in [5.74, 6) is 0. The fourth-order valence-electron chi connectivity index (χ4n) is 7.32. The number of benzene rings is 4. The minimum absolute atomic E-state index is 0.122. The van der Waals surface area contributed by atoms with Gasteiger partial charge in [0.2, 0.25) is 0 Å². The zero-order valence-corrected chi connectivity index (χ0v) is 28.7. The van der Waals surface area contributed by atoms with Gasteiger partial charge in [0.15, 0.2) is 0 Å². The van der Waals surface area contributed by atoms with Crippen LogP contribution in [0.2, 0.25) is 13.1 Å². The van der Waals surface area contributed by atoms with E-state index < -0.39 is 20.4 Å². The van der Waals surface area contributed by atoms with Crippen molar-refractivity contribution in [2.24, 2.45) is 0 Å². The van der Waals surface area contributed by atoms with E-state index in [1.54, 1.807) is 0 Å². The molecule has 0 fully saturated rings. The second kappa shape index (κ2) is 10.7. The number of allylic oxidation sites excluding steroid dienone is 2. The summed E-state index contributed by atoms with van der Waals surface area (Å²) in [5.41, 5.74) is 12.4. The normalized spacial score (nSPS) is 18.2. The van der Waals surface area contributed by atoms with E-state index in [4.69, 9.17) is 17.0 Å². The molecule has 2 aliphatic carbocycles. The second-order valence-corrected chi connectivity index (χ2v) is 50.7. The van der Waals surface area contributed by atoms with E-state index in [0.717, 1.165) is 12.8 Å². The van der Waals surface area contributed by atoms with Crippen LogP contribution >= 0.6 is 17.0 Å². The molecule has 2 aliphatic rings. The predicted octanol–water partition coefficient (Wildman–Crippen LogP) is 10.7. The quantitative estimate of drug-likeness (QED) is 0.181. The van der Waals surface area contributed by atoms with Crippen molar-refractivity contribution >= 4 is 34.6 Å². The average molecular weight is 659 g/mol. The van der Waals surface area contributed by atoms with E-state index in [-0.39, 0.29) is 7.25 Å². The maximum atomic E-state index is 8.35. The molecule has 4 heteroatoms. The fourth-order valence-corrected chi connectivity index (χ4v) is 37.8. The Kier molecular flexibility index (Phi) is 7.54. The van der Waals surface area contributed by atoms with Gasteiger partial charge in [-0.05, 0) is 0 Å². The summed E-state index contributed by atoms with van der Waals surface area (Å²) in [7, 11) is 16.7. The van der Waals surface area contributed by atoms with Gasteiger partial charge in [-0.3, -0.25) is 0 Å². The molecule has 0 bridgehead atoms. The molecular weight excluding hydrogens is 623 g/mol. The Morgan fingerprint density at radius 2 is 0.975 bits per heavy atom. The molecule has 2 unspecified atom stereocenters. The zero-order valence-electron chi connectivity index (χ0n) is 23.7. The molecule has 4 aromatic rings. The summed E-state index contributed by atoms with van der Waals surface area (Å²) < 4.78 is 0.243. The molecule has 0 saturated carbocycles. The van der Waals surface area contributed by atoms with Crippen molar-refractivity contribution < 1.29 is 15.0 Å². The first kappa shape index (κ1) is 28.2. The van der Waals surface area contributed by atoms with Crippen molar-refractivity contribution in [3.63, 3.8) is 0 Å². The number of fused-ring (bicyclic) bond motifs is 2. The standard InChI is InChI=1S/2C17H15.C2H6Si.2ClH.Zr/c2*1-13-10-15-8-5-9-16(17(15)11-13)12-14-6-3-2-4-7-14;1-3-2;;;/h2*2-11H,12H2,1H3;1-2H3;2*1H;/q;;;;;+2/p-2. The van der Waals surface area contributed by atoms with Gasteiger partial charge in [0, 0.05) is 0 Å². The van der Waals surface area contributed by atoms with Crippen molar-refractivity contribution in [3.8, 4) is 0 Å². The van der Waals surface area contributed by atoms with E-state index in [9.17, 15) is 0 Å². The van der Waals surface area contributed by atoms with Gasteiger partial charge in [0.1, 0.15) is 0 Å². The van der Waals surface area contributed by atoms with Gasteiger partial charge in [-0.15, -0.1) is 0 Å². The van der Waals surface area contributed by atoms with Crippen molar-refractivity contribution in [3.05, 3.63) is 153 Å². The molecule has 0 radical (unpaired) electrons. The molecule has 202 valence electrons. The van der Waals surface area contributed by atoms with Crippen LogP contribution < -0.4 is 0 Å². The third-order valence-electron chi connectivity index (χ3n) is 9.23. The molecule has 0 spiro atoms. The van der Waals surface area contributed by atoms with Gasteiger partial charge in [0.25, 0.3) is 0 Å². The van der Waals surface area contributed by atoms with Gasteiger partial charge in [0.05, 0.1) is 0 Å². The third kappa shape index (κ3) is 4.60. The van der Waals surface area contributed by atoms with E-state index in [1.807, 2.05) is 0 Å². The Morgan fingerprint density at radius 3 is 1.35 bits per heavy atom. The van der Waals surface area contributed by atoms with Crippen LogP contribution in [-0.4, -0.2) is 5.43 Å². The summed E-state index contributed by atoms with van der Waals surface area (Å²) in [6.45, 7) is 9.32. The molecule has 0 amide bonds. The molecule has 0 heterocycles. The van der Waals surface area contributed by atoms with Crippen LogP contribution in [0.15, 0.2) is 108 Å². The van der Waals surface area contributed by atoms with Gasteiger partial charge in [-0.25, -0.2) is 0 Å². The van der Waals surface area contributed by atoms with Gasteiger partial charge in [-0.1, -0.05) is 0 Å². The summed E-state index contributed by atoms with van der Waals surface area (Å²) >= 11 is -4.65. The van der Waals surface area contributed by atoms with Crippen molar-refractivity contribution in [2.75, 3.05) is 0 Å². The minimum atomic E-state index is -4.65. The molecule has 6 rings (SSSR count). The first-order valence-electron chi connectivity index (χ1n) is 14.2. The Labute approximate surface area is 247 Å².